The maximum absolute atomic E-state index is 10.6. The van der Waals surface area contributed by atoms with Crippen LogP contribution in [0.3, 0.4) is 0 Å². The predicted octanol–water partition coefficient (Wildman–Crippen LogP) is -25.3. The van der Waals surface area contributed by atoms with Crippen molar-refractivity contribution in [1.82, 2.24) is 0 Å². The summed E-state index contributed by atoms with van der Waals surface area (Å²) in [5, 5.41) is 28.9. The molecule has 1 fully saturated rings. The first kappa shape index (κ1) is 49.2. The van der Waals surface area contributed by atoms with Crippen LogP contribution in [0, 0.1) is 0 Å². The van der Waals surface area contributed by atoms with Gasteiger partial charge in [-0.05, 0) is 0 Å². The first-order chi connectivity index (χ1) is 10.5. The van der Waals surface area contributed by atoms with Crippen LogP contribution in [0.1, 0.15) is 0 Å². The normalized spacial score (nSPS) is 28.7. The number of aliphatic hydroxyl groups excluding tert-OH is 3. The van der Waals surface area contributed by atoms with E-state index in [9.17, 15) is 58.4 Å². The van der Waals surface area contributed by atoms with E-state index in [1.54, 1.807) is 0 Å². The molecule has 6 atom stereocenters. The quantitative estimate of drug-likeness (QED) is 0.204. The summed E-state index contributed by atoms with van der Waals surface area (Å²) in [5.74, 6) is 0. The largest absolute Gasteiger partial charge is 1.00 e. The predicted molar refractivity (Wildman–Crippen MR) is 55.5 cm³/mol. The van der Waals surface area contributed by atoms with Crippen molar-refractivity contribution < 1.29 is 249 Å². The van der Waals surface area contributed by atoms with Gasteiger partial charge in [-0.15, -0.1) is 0 Å². The number of aliphatic hydroxyl groups is 3. The van der Waals surface area contributed by atoms with Crippen LogP contribution in [0.2, 0.25) is 0 Å². The van der Waals surface area contributed by atoms with E-state index in [0.717, 1.165) is 0 Å². The summed E-state index contributed by atoms with van der Waals surface area (Å²) in [7, 11) is -17.9. The van der Waals surface area contributed by atoms with E-state index in [2.05, 4.69) is 13.6 Å². The molecule has 144 valence electrons. The second-order valence-electron chi connectivity index (χ2n) is 4.52. The minimum atomic E-state index is -6.01. The van der Waals surface area contributed by atoms with Gasteiger partial charge < -0.3 is 71.9 Å². The summed E-state index contributed by atoms with van der Waals surface area (Å²) >= 11 is 0. The molecule has 24 heteroatoms. The van der Waals surface area contributed by atoms with Crippen LogP contribution < -0.4 is 207 Å². The number of phosphoric ester groups is 3. The van der Waals surface area contributed by atoms with Gasteiger partial charge in [0.2, 0.25) is 0 Å². The molecule has 0 aliphatic heterocycles. The number of hydrogen-bond donors (Lipinski definition) is 3. The van der Waals surface area contributed by atoms with E-state index in [-0.39, 0.29) is 177 Å². The van der Waals surface area contributed by atoms with E-state index in [0.29, 0.717) is 0 Å². The minimum Gasteiger partial charge on any atom is -0.790 e. The van der Waals surface area contributed by atoms with Crippen molar-refractivity contribution in [2.24, 2.45) is 0 Å². The van der Waals surface area contributed by atoms with Crippen LogP contribution in [-0.4, -0.2) is 51.9 Å². The molecular weight excluding hydrogens is 543 g/mol. The Labute approximate surface area is 303 Å². The number of rotatable bonds is 6. The van der Waals surface area contributed by atoms with E-state index in [1.807, 2.05) is 0 Å². The van der Waals surface area contributed by atoms with Crippen LogP contribution in [0.5, 0.6) is 0 Å². The second kappa shape index (κ2) is 20.2. The molecule has 0 aromatic heterocycles. The van der Waals surface area contributed by atoms with Crippen molar-refractivity contribution >= 4 is 23.5 Å². The average molecular weight is 552 g/mol. The van der Waals surface area contributed by atoms with Gasteiger partial charge in [-0.1, -0.05) is 0 Å². The molecule has 1 saturated carbocycles. The van der Waals surface area contributed by atoms with Gasteiger partial charge in [-0.3, -0.25) is 0 Å². The molecule has 3 N–H and O–H groups in total. The summed E-state index contributed by atoms with van der Waals surface area (Å²) in [4.78, 5) is 63.6. The van der Waals surface area contributed by atoms with Crippen LogP contribution in [0.15, 0.2) is 0 Å². The molecule has 0 amide bonds. The molecule has 0 bridgehead atoms. The van der Waals surface area contributed by atoms with Crippen molar-refractivity contribution in [3.05, 3.63) is 0 Å². The SMILES string of the molecule is O=P([O-])([O-])O[C@H]1[C@@H](O)[C@H](O)[C@@H](OP(=O)([O-])[O-])[C@H](OP(=O)([O-])[O-])[C@H]1O.[Na+].[Na+].[Na+].[Na+].[Na+].[Na+]. The third-order valence-electron chi connectivity index (χ3n) is 2.77. The van der Waals surface area contributed by atoms with Crippen LogP contribution in [0.25, 0.3) is 0 Å². The third kappa shape index (κ3) is 18.5. The van der Waals surface area contributed by atoms with Gasteiger partial charge in [0.15, 0.2) is 0 Å². The Morgan fingerprint density at radius 2 is 0.667 bits per heavy atom. The fourth-order valence-corrected chi connectivity index (χ4v) is 3.62. The molecule has 0 aromatic rings. The maximum atomic E-state index is 10.6. The minimum absolute atomic E-state index is 0. The monoisotopic (exact) mass is 552 g/mol. The fourth-order valence-electron chi connectivity index (χ4n) is 1.98. The Kier molecular flexibility index (Phi) is 33.1. The van der Waals surface area contributed by atoms with Gasteiger partial charge in [0, 0.05) is 0 Å². The van der Waals surface area contributed by atoms with Crippen molar-refractivity contribution in [3.63, 3.8) is 0 Å². The zero-order valence-electron chi connectivity index (χ0n) is 17.0. The molecule has 15 nitrogen and oxygen atoms in total. The van der Waals surface area contributed by atoms with Gasteiger partial charge in [0.25, 0.3) is 0 Å². The van der Waals surface area contributed by atoms with Crippen molar-refractivity contribution in [2.75, 3.05) is 0 Å². The van der Waals surface area contributed by atoms with Crippen LogP contribution >= 0.6 is 23.5 Å². The van der Waals surface area contributed by atoms with E-state index < -0.39 is 60.1 Å². The Morgan fingerprint density at radius 1 is 0.467 bits per heavy atom. The van der Waals surface area contributed by atoms with Crippen LogP contribution in [-0.2, 0) is 27.3 Å². The molecule has 0 heterocycles. The first-order valence-electron chi connectivity index (χ1n) is 5.67. The van der Waals surface area contributed by atoms with Gasteiger partial charge in [-0.25, -0.2) is 0 Å². The van der Waals surface area contributed by atoms with Crippen molar-refractivity contribution in [1.29, 1.82) is 0 Å². The van der Waals surface area contributed by atoms with Gasteiger partial charge >= 0.3 is 177 Å². The first-order valence-corrected chi connectivity index (χ1v) is 10.1. The molecule has 0 aromatic carbocycles. The molecule has 30 heavy (non-hydrogen) atoms. The topological polar surface area (TPSA) is 278 Å². The molecule has 1 aliphatic carbocycles. The summed E-state index contributed by atoms with van der Waals surface area (Å²) in [5.41, 5.74) is 0. The van der Waals surface area contributed by atoms with E-state index in [1.165, 1.54) is 0 Å². The number of hydrogen-bond acceptors (Lipinski definition) is 15. The second-order valence-corrected chi connectivity index (χ2v) is 7.84. The summed E-state index contributed by atoms with van der Waals surface area (Å²) in [6.07, 6.45) is -15.7. The van der Waals surface area contributed by atoms with E-state index in [4.69, 9.17) is 0 Å². The van der Waals surface area contributed by atoms with Crippen LogP contribution in [0.4, 0.5) is 0 Å². The molecule has 1 rings (SSSR count). The molecular formula is C6H9Na6O15P3. The summed E-state index contributed by atoms with van der Waals surface area (Å²) in [6.45, 7) is 0. The summed E-state index contributed by atoms with van der Waals surface area (Å²) < 4.78 is 43.0. The zero-order chi connectivity index (χ0) is 19.1. The number of phosphoric acid groups is 3. The zero-order valence-corrected chi connectivity index (χ0v) is 31.7. The third-order valence-corrected chi connectivity index (χ3v) is 4.28. The maximum Gasteiger partial charge on any atom is 1.00 e. The molecule has 1 aliphatic rings. The standard InChI is InChI=1S/C6H15O15P3.6Na/c7-1-2(8)5(20-23(13,14)15)6(21-24(16,17)18)3(9)4(1)19-22(10,11)12;;;;;;/h1-9H,(H2,10,11,12)(H2,13,14,15)(H2,16,17,18);;;;;;/q;6*+1/p-6/t1-,2-,3-,4-,5+,6+;;;;;;/m0....../s1. The summed E-state index contributed by atoms with van der Waals surface area (Å²) in [6, 6.07) is 0. The van der Waals surface area contributed by atoms with Gasteiger partial charge in [0.05, 0.1) is 23.5 Å². The fraction of sp³-hybridized carbons (Fsp3) is 1.00. The van der Waals surface area contributed by atoms with Gasteiger partial charge in [-0.2, -0.15) is 0 Å². The molecule has 0 radical (unpaired) electrons. The van der Waals surface area contributed by atoms with Gasteiger partial charge in [0.1, 0.15) is 36.6 Å². The van der Waals surface area contributed by atoms with E-state index >= 15 is 0 Å². The van der Waals surface area contributed by atoms with Crippen molar-refractivity contribution in [2.45, 2.75) is 36.6 Å². The Bertz CT molecular complexity index is 595. The van der Waals surface area contributed by atoms with Crippen molar-refractivity contribution in [3.8, 4) is 0 Å². The smallest absolute Gasteiger partial charge is 0.790 e. The Hall–Kier alpha value is 6.21. The molecule has 0 saturated heterocycles. The molecule has 0 spiro atoms. The Morgan fingerprint density at radius 3 is 0.933 bits per heavy atom. The molecule has 0 unspecified atom stereocenters. The Balaban J connectivity index is -0.000000240. The average Bonchev–Trinajstić information content (AvgIpc) is 2.32.